The van der Waals surface area contributed by atoms with Gasteiger partial charge in [-0.1, -0.05) is 16.8 Å². The van der Waals surface area contributed by atoms with E-state index in [9.17, 15) is 9.59 Å². The van der Waals surface area contributed by atoms with Crippen LogP contribution >= 0.6 is 22.9 Å². The summed E-state index contributed by atoms with van der Waals surface area (Å²) in [6, 6.07) is 5.08. The van der Waals surface area contributed by atoms with Crippen LogP contribution in [0.5, 0.6) is 0 Å². The van der Waals surface area contributed by atoms with Crippen molar-refractivity contribution in [2.24, 2.45) is 5.92 Å². The van der Waals surface area contributed by atoms with Gasteiger partial charge in [0, 0.05) is 19.2 Å². The van der Waals surface area contributed by atoms with Crippen LogP contribution in [0.4, 0.5) is 0 Å². The Morgan fingerprint density at radius 1 is 1.48 bits per heavy atom. The second kappa shape index (κ2) is 5.50. The van der Waals surface area contributed by atoms with E-state index in [2.05, 4.69) is 5.16 Å². The van der Waals surface area contributed by atoms with E-state index < -0.39 is 11.9 Å². The summed E-state index contributed by atoms with van der Waals surface area (Å²) < 4.78 is 5.78. The summed E-state index contributed by atoms with van der Waals surface area (Å²) in [5.74, 6) is -1.21. The van der Waals surface area contributed by atoms with Crippen LogP contribution in [0.15, 0.2) is 22.7 Å². The van der Waals surface area contributed by atoms with E-state index in [1.807, 2.05) is 0 Å². The highest BCUT2D eigenvalue weighted by atomic mass is 35.5. The molecule has 110 valence electrons. The van der Waals surface area contributed by atoms with Gasteiger partial charge in [-0.15, -0.1) is 11.3 Å². The average Bonchev–Trinajstić information content (AvgIpc) is 3.17. The van der Waals surface area contributed by atoms with Crippen LogP contribution < -0.4 is 0 Å². The summed E-state index contributed by atoms with van der Waals surface area (Å²) in [4.78, 5) is 25.4. The standard InChI is InChI=1S/C13H11ClN2O4S/c14-11-2-1-10(21-11)9-5-8(15-20-9)12(17)16-4-3-7(6-16)13(18)19/h1-2,5,7H,3-4,6H2,(H,18,19)/t7-/m1/s1. The minimum absolute atomic E-state index is 0.181. The van der Waals surface area contributed by atoms with Gasteiger partial charge in [0.05, 0.1) is 15.1 Å². The van der Waals surface area contributed by atoms with Crippen molar-refractivity contribution in [1.82, 2.24) is 10.1 Å². The average molecular weight is 327 g/mol. The highest BCUT2D eigenvalue weighted by Crippen LogP contribution is 2.31. The lowest BCUT2D eigenvalue weighted by Crippen LogP contribution is -2.30. The molecule has 0 aromatic carbocycles. The maximum atomic E-state index is 12.3. The monoisotopic (exact) mass is 326 g/mol. The molecule has 2 aromatic rings. The third-order valence-electron chi connectivity index (χ3n) is 3.37. The molecule has 8 heteroatoms. The number of aromatic nitrogens is 1. The van der Waals surface area contributed by atoms with Crippen molar-refractivity contribution in [2.75, 3.05) is 13.1 Å². The van der Waals surface area contributed by atoms with Crippen molar-refractivity contribution in [2.45, 2.75) is 6.42 Å². The van der Waals surface area contributed by atoms with Crippen molar-refractivity contribution in [3.63, 3.8) is 0 Å². The van der Waals surface area contributed by atoms with Crippen molar-refractivity contribution >= 4 is 34.8 Å². The summed E-state index contributed by atoms with van der Waals surface area (Å²) in [6.07, 6.45) is 0.465. The molecule has 0 aliphatic carbocycles. The van der Waals surface area contributed by atoms with Gasteiger partial charge < -0.3 is 14.5 Å². The summed E-state index contributed by atoms with van der Waals surface area (Å²) in [6.45, 7) is 0.629. The minimum atomic E-state index is -0.876. The lowest BCUT2D eigenvalue weighted by atomic mass is 10.1. The number of rotatable bonds is 3. The number of carboxylic acid groups (broad SMARTS) is 1. The number of amides is 1. The number of likely N-dealkylation sites (tertiary alicyclic amines) is 1. The number of hydrogen-bond donors (Lipinski definition) is 1. The number of nitrogens with zero attached hydrogens (tertiary/aromatic N) is 2. The molecule has 1 N–H and O–H groups in total. The van der Waals surface area contributed by atoms with E-state index in [4.69, 9.17) is 21.2 Å². The van der Waals surface area contributed by atoms with Gasteiger partial charge >= 0.3 is 5.97 Å². The fourth-order valence-corrected chi connectivity index (χ4v) is 3.24. The molecule has 2 aromatic heterocycles. The quantitative estimate of drug-likeness (QED) is 0.937. The summed E-state index contributed by atoms with van der Waals surface area (Å²) >= 11 is 7.19. The molecule has 0 unspecified atom stereocenters. The Hall–Kier alpha value is -1.86. The van der Waals surface area contributed by atoms with Crippen LogP contribution in [0.25, 0.3) is 10.6 Å². The summed E-state index contributed by atoms with van der Waals surface area (Å²) in [5, 5.41) is 12.7. The largest absolute Gasteiger partial charge is 0.481 e. The molecule has 0 radical (unpaired) electrons. The van der Waals surface area contributed by atoms with Gasteiger partial charge in [-0.3, -0.25) is 9.59 Å². The third kappa shape index (κ3) is 2.79. The van der Waals surface area contributed by atoms with E-state index in [1.54, 1.807) is 18.2 Å². The van der Waals surface area contributed by atoms with Gasteiger partial charge in [0.2, 0.25) is 0 Å². The maximum Gasteiger partial charge on any atom is 0.308 e. The van der Waals surface area contributed by atoms with Crippen LogP contribution in [0, 0.1) is 5.92 Å². The summed E-state index contributed by atoms with van der Waals surface area (Å²) in [7, 11) is 0. The smallest absolute Gasteiger partial charge is 0.308 e. The van der Waals surface area contributed by atoms with Crippen LogP contribution in [0.3, 0.4) is 0 Å². The van der Waals surface area contributed by atoms with Crippen LogP contribution in [-0.4, -0.2) is 40.1 Å². The van der Waals surface area contributed by atoms with E-state index >= 15 is 0 Å². The predicted octanol–water partition coefficient (Wildman–Crippen LogP) is 2.60. The van der Waals surface area contributed by atoms with Crippen molar-refractivity contribution in [3.8, 4) is 10.6 Å². The molecule has 1 saturated heterocycles. The lowest BCUT2D eigenvalue weighted by Gasteiger charge is -2.13. The molecule has 6 nitrogen and oxygen atoms in total. The van der Waals surface area contributed by atoms with Crippen molar-refractivity contribution in [3.05, 3.63) is 28.2 Å². The maximum absolute atomic E-state index is 12.3. The number of carboxylic acids is 1. The van der Waals surface area contributed by atoms with Crippen LogP contribution in [0.2, 0.25) is 4.34 Å². The van der Waals surface area contributed by atoms with E-state index in [1.165, 1.54) is 16.2 Å². The Bertz CT molecular complexity index is 696. The Labute approximate surface area is 128 Å². The van der Waals surface area contributed by atoms with Gasteiger partial charge in [-0.2, -0.15) is 0 Å². The predicted molar refractivity (Wildman–Crippen MR) is 76.5 cm³/mol. The normalized spacial score (nSPS) is 18.1. The number of halogens is 1. The summed E-state index contributed by atoms with van der Waals surface area (Å²) in [5.41, 5.74) is 0.181. The number of thiophene rings is 1. The molecule has 1 aliphatic heterocycles. The first-order valence-corrected chi connectivity index (χ1v) is 7.48. The number of carbonyl (C=O) groups is 2. The van der Waals surface area contributed by atoms with Crippen molar-refractivity contribution < 1.29 is 19.2 Å². The van der Waals surface area contributed by atoms with Crippen LogP contribution in [-0.2, 0) is 4.79 Å². The van der Waals surface area contributed by atoms with Gasteiger partial charge in [-0.25, -0.2) is 0 Å². The molecule has 1 atom stereocenters. The lowest BCUT2D eigenvalue weighted by molar-refractivity contribution is -0.141. The Balaban J connectivity index is 1.74. The first-order valence-electron chi connectivity index (χ1n) is 6.29. The first kappa shape index (κ1) is 14.1. The van der Waals surface area contributed by atoms with Gasteiger partial charge in [0.25, 0.3) is 5.91 Å². The topological polar surface area (TPSA) is 83.6 Å². The van der Waals surface area contributed by atoms with Gasteiger partial charge in [-0.05, 0) is 18.6 Å². The molecule has 21 heavy (non-hydrogen) atoms. The second-order valence-electron chi connectivity index (χ2n) is 4.76. The third-order valence-corrected chi connectivity index (χ3v) is 4.62. The molecule has 0 bridgehead atoms. The SMILES string of the molecule is O=C(O)[C@@H]1CCN(C(=O)c2cc(-c3ccc(Cl)s3)on2)C1. The molecule has 1 aliphatic rings. The highest BCUT2D eigenvalue weighted by Gasteiger charge is 2.32. The molecular formula is C13H11ClN2O4S. The number of carbonyl (C=O) groups excluding carboxylic acids is 1. The van der Waals surface area contributed by atoms with E-state index in [0.717, 1.165) is 4.88 Å². The molecule has 1 fully saturated rings. The fraction of sp³-hybridized carbons (Fsp3) is 0.308. The van der Waals surface area contributed by atoms with E-state index in [-0.39, 0.29) is 18.1 Å². The van der Waals surface area contributed by atoms with Gasteiger partial charge in [0.15, 0.2) is 11.5 Å². The second-order valence-corrected chi connectivity index (χ2v) is 6.47. The Morgan fingerprint density at radius 3 is 2.90 bits per heavy atom. The molecular weight excluding hydrogens is 316 g/mol. The van der Waals surface area contributed by atoms with Crippen molar-refractivity contribution in [1.29, 1.82) is 0 Å². The van der Waals surface area contributed by atoms with Gasteiger partial charge in [0.1, 0.15) is 0 Å². The number of hydrogen-bond acceptors (Lipinski definition) is 5. The molecule has 1 amide bonds. The highest BCUT2D eigenvalue weighted by molar-refractivity contribution is 7.19. The van der Waals surface area contributed by atoms with E-state index in [0.29, 0.717) is 23.1 Å². The first-order chi connectivity index (χ1) is 10.0. The molecule has 0 saturated carbocycles. The zero-order valence-corrected chi connectivity index (χ0v) is 12.4. The van der Waals surface area contributed by atoms with Crippen LogP contribution in [0.1, 0.15) is 16.9 Å². The minimum Gasteiger partial charge on any atom is -0.481 e. The number of aliphatic carboxylic acids is 1. The molecule has 3 heterocycles. The zero-order chi connectivity index (χ0) is 15.0. The fourth-order valence-electron chi connectivity index (χ4n) is 2.25. The Morgan fingerprint density at radius 2 is 2.29 bits per heavy atom. The zero-order valence-electron chi connectivity index (χ0n) is 10.8. The molecule has 3 rings (SSSR count). The Kier molecular flexibility index (Phi) is 3.69. The molecule has 0 spiro atoms.